The van der Waals surface area contributed by atoms with Gasteiger partial charge in [-0.1, -0.05) is 59.4 Å². The zero-order valence-corrected chi connectivity index (χ0v) is 15.2. The number of aryl methyl sites for hydroxylation is 2. The van der Waals surface area contributed by atoms with E-state index in [1.165, 1.54) is 11.8 Å². The first-order valence-electron chi connectivity index (χ1n) is 8.01. The highest BCUT2D eigenvalue weighted by molar-refractivity contribution is 8.18. The molecule has 0 bridgehead atoms. The molecule has 128 valence electrons. The second-order valence-corrected chi connectivity index (χ2v) is 6.79. The van der Waals surface area contributed by atoms with Crippen molar-refractivity contribution in [2.45, 2.75) is 13.8 Å². The summed E-state index contributed by atoms with van der Waals surface area (Å²) in [5.74, 6) is -0.499. The quantitative estimate of drug-likeness (QED) is 0.438. The van der Waals surface area contributed by atoms with E-state index < -0.39 is 5.97 Å². The summed E-state index contributed by atoms with van der Waals surface area (Å²) >= 11 is 1.31. The van der Waals surface area contributed by atoms with Crippen LogP contribution in [0.3, 0.4) is 0 Å². The van der Waals surface area contributed by atoms with E-state index in [0.717, 1.165) is 21.6 Å². The van der Waals surface area contributed by atoms with E-state index in [-0.39, 0.29) is 0 Å². The molecule has 0 saturated heterocycles. The van der Waals surface area contributed by atoms with Gasteiger partial charge in [0, 0.05) is 4.91 Å². The van der Waals surface area contributed by atoms with Gasteiger partial charge >= 0.3 is 5.97 Å². The van der Waals surface area contributed by atoms with Crippen molar-refractivity contribution in [1.29, 1.82) is 5.26 Å². The Bertz CT molecular complexity index is 997. The summed E-state index contributed by atoms with van der Waals surface area (Å²) in [5, 5.41) is 14.0. The zero-order chi connectivity index (χ0) is 18.5. The molecule has 26 heavy (non-hydrogen) atoms. The predicted octanol–water partition coefficient (Wildman–Crippen LogP) is 5.01. The van der Waals surface area contributed by atoms with Crippen molar-refractivity contribution in [1.82, 2.24) is 0 Å². The van der Waals surface area contributed by atoms with Gasteiger partial charge in [-0.3, -0.25) is 0 Å². The van der Waals surface area contributed by atoms with Gasteiger partial charge in [0.25, 0.3) is 0 Å². The molecule has 1 heterocycles. The third kappa shape index (κ3) is 3.76. The second kappa shape index (κ2) is 7.85. The maximum absolute atomic E-state index is 12.1. The molecule has 0 spiro atoms. The first kappa shape index (κ1) is 17.7. The molecule has 0 unspecified atom stereocenters. The summed E-state index contributed by atoms with van der Waals surface area (Å²) in [7, 11) is 0. The molecule has 2 aromatic rings. The van der Waals surface area contributed by atoms with Crippen LogP contribution in [0.4, 0.5) is 0 Å². The molecule has 2 aromatic carbocycles. The maximum atomic E-state index is 12.1. The Morgan fingerprint density at radius 2 is 1.62 bits per heavy atom. The van der Waals surface area contributed by atoms with Crippen LogP contribution in [-0.2, 0) is 4.84 Å². The Labute approximate surface area is 156 Å². The molecule has 4 nitrogen and oxygen atoms in total. The van der Waals surface area contributed by atoms with Gasteiger partial charge in [-0.15, -0.1) is 0 Å². The molecule has 0 aliphatic carbocycles. The minimum absolute atomic E-state index is 0.484. The molecule has 5 heteroatoms. The van der Waals surface area contributed by atoms with Gasteiger partial charge in [-0.05, 0) is 48.8 Å². The van der Waals surface area contributed by atoms with Crippen LogP contribution < -0.4 is 0 Å². The molecule has 0 N–H and O–H groups in total. The topological polar surface area (TPSA) is 62.4 Å². The smallest absolute Gasteiger partial charge is 0.312 e. The number of hydrogen-bond acceptors (Lipinski definition) is 5. The van der Waals surface area contributed by atoms with Crippen molar-refractivity contribution in [2.24, 2.45) is 5.16 Å². The lowest BCUT2D eigenvalue weighted by Gasteiger charge is -2.06. The molecule has 3 rings (SSSR count). The van der Waals surface area contributed by atoms with Crippen LogP contribution in [0.2, 0.25) is 0 Å². The summed E-state index contributed by atoms with van der Waals surface area (Å²) in [6, 6.07) is 17.2. The molecule has 0 aromatic heterocycles. The Hall–Kier alpha value is -3.10. The number of nitriles is 1. The fraction of sp³-hybridized carbons (Fsp3) is 0.0952. The van der Waals surface area contributed by atoms with Gasteiger partial charge in [0.2, 0.25) is 0 Å². The normalized spacial score (nSPS) is 16.4. The van der Waals surface area contributed by atoms with Crippen LogP contribution in [-0.4, -0.2) is 11.0 Å². The Morgan fingerprint density at radius 1 is 1.00 bits per heavy atom. The molecule has 0 radical (unpaired) electrons. The van der Waals surface area contributed by atoms with Crippen LogP contribution >= 0.6 is 11.8 Å². The summed E-state index contributed by atoms with van der Waals surface area (Å²) < 4.78 is 0. The third-order valence-corrected chi connectivity index (χ3v) is 4.93. The van der Waals surface area contributed by atoms with Gasteiger partial charge in [0.15, 0.2) is 0 Å². The van der Waals surface area contributed by atoms with Crippen LogP contribution in [0.1, 0.15) is 27.0 Å². The lowest BCUT2D eigenvalue weighted by Crippen LogP contribution is -2.03. The van der Waals surface area contributed by atoms with Crippen molar-refractivity contribution in [2.75, 3.05) is 0 Å². The van der Waals surface area contributed by atoms with E-state index in [1.54, 1.807) is 18.2 Å². The summed E-state index contributed by atoms with van der Waals surface area (Å²) in [6.07, 6.45) is 3.55. The number of hydrogen-bond donors (Lipinski definition) is 0. The number of rotatable bonds is 3. The van der Waals surface area contributed by atoms with Crippen molar-refractivity contribution >= 4 is 28.3 Å². The van der Waals surface area contributed by atoms with Crippen molar-refractivity contribution < 1.29 is 9.63 Å². The lowest BCUT2D eigenvalue weighted by molar-refractivity contribution is 0.0517. The Balaban J connectivity index is 1.78. The largest absolute Gasteiger partial charge is 0.366 e. The van der Waals surface area contributed by atoms with Crippen molar-refractivity contribution in [3.8, 4) is 6.07 Å². The highest BCUT2D eigenvalue weighted by atomic mass is 32.2. The van der Waals surface area contributed by atoms with Gasteiger partial charge < -0.3 is 4.84 Å². The van der Waals surface area contributed by atoms with E-state index in [1.807, 2.05) is 56.3 Å². The van der Waals surface area contributed by atoms with Crippen molar-refractivity contribution in [3.05, 3.63) is 87.8 Å². The van der Waals surface area contributed by atoms with Crippen LogP contribution in [0.15, 0.2) is 70.7 Å². The summed E-state index contributed by atoms with van der Waals surface area (Å²) in [5.41, 5.74) is 3.82. The average Bonchev–Trinajstić information content (AvgIpc) is 3.11. The summed E-state index contributed by atoms with van der Waals surface area (Å²) in [6.45, 7) is 3.81. The number of carbonyl (C=O) groups excluding carboxylic acids is 1. The van der Waals surface area contributed by atoms with E-state index in [4.69, 9.17) is 4.84 Å². The Kier molecular flexibility index (Phi) is 5.35. The fourth-order valence-corrected chi connectivity index (χ4v) is 3.38. The van der Waals surface area contributed by atoms with Crippen LogP contribution in [0.25, 0.3) is 5.57 Å². The molecule has 0 saturated carbocycles. The van der Waals surface area contributed by atoms with Crippen LogP contribution in [0, 0.1) is 25.2 Å². The lowest BCUT2D eigenvalue weighted by atomic mass is 10.0. The SMILES string of the molecule is Cc1ccccc1C(=O)ON=C1C=CC(=C(C#N)c2ccccc2C)S1. The second-order valence-electron chi connectivity index (χ2n) is 5.72. The monoisotopic (exact) mass is 360 g/mol. The number of thioether (sulfide) groups is 1. The molecule has 0 atom stereocenters. The molecule has 0 amide bonds. The number of benzene rings is 2. The van der Waals surface area contributed by atoms with E-state index >= 15 is 0 Å². The number of oxime groups is 1. The molecule has 1 aliphatic heterocycles. The highest BCUT2D eigenvalue weighted by Gasteiger charge is 2.17. The van der Waals surface area contributed by atoms with Gasteiger partial charge in [-0.25, -0.2) is 4.79 Å². The van der Waals surface area contributed by atoms with E-state index in [9.17, 15) is 10.1 Å². The molecule has 1 aliphatic rings. The van der Waals surface area contributed by atoms with E-state index in [2.05, 4.69) is 11.2 Å². The first-order valence-corrected chi connectivity index (χ1v) is 8.83. The molecule has 0 fully saturated rings. The number of carbonyl (C=O) groups is 1. The van der Waals surface area contributed by atoms with Crippen LogP contribution in [0.5, 0.6) is 0 Å². The van der Waals surface area contributed by atoms with Gasteiger partial charge in [-0.2, -0.15) is 5.26 Å². The van der Waals surface area contributed by atoms with Crippen molar-refractivity contribution in [3.63, 3.8) is 0 Å². The van der Waals surface area contributed by atoms with Gasteiger partial charge in [0.05, 0.1) is 11.1 Å². The maximum Gasteiger partial charge on any atom is 0.366 e. The highest BCUT2D eigenvalue weighted by Crippen LogP contribution is 2.34. The molecular formula is C21H16N2O2S. The first-order chi connectivity index (χ1) is 12.6. The standard InChI is InChI=1S/C21H16N2O2S/c1-14-7-3-5-9-16(14)18(13-22)19-11-12-20(26-19)23-25-21(24)17-10-6-4-8-15(17)2/h3-12H,1-2H3. The van der Waals surface area contributed by atoms with E-state index in [0.29, 0.717) is 16.2 Å². The fourth-order valence-electron chi connectivity index (χ4n) is 2.55. The van der Waals surface area contributed by atoms with Gasteiger partial charge in [0.1, 0.15) is 11.1 Å². The zero-order valence-electron chi connectivity index (χ0n) is 14.4. The summed E-state index contributed by atoms with van der Waals surface area (Å²) in [4.78, 5) is 18.0. The Morgan fingerprint density at radius 3 is 2.23 bits per heavy atom. The minimum atomic E-state index is -0.499. The number of nitrogens with zero attached hydrogens (tertiary/aromatic N) is 2. The number of allylic oxidation sites excluding steroid dienone is 2. The predicted molar refractivity (Wildman–Crippen MR) is 104 cm³/mol. The third-order valence-electron chi connectivity index (χ3n) is 3.95. The average molecular weight is 360 g/mol. The minimum Gasteiger partial charge on any atom is -0.312 e. The molecular weight excluding hydrogens is 344 g/mol.